The highest BCUT2D eigenvalue weighted by Crippen LogP contribution is 2.10. The Morgan fingerprint density at radius 1 is 1.07 bits per heavy atom. The molecule has 0 saturated carbocycles. The molecule has 0 amide bonds. The van der Waals surface area contributed by atoms with Gasteiger partial charge in [-0.1, -0.05) is 27.7 Å². The number of fused-ring (bicyclic) bond motifs is 1. The average Bonchev–Trinajstić information content (AvgIpc) is 2.73. The van der Waals surface area contributed by atoms with Gasteiger partial charge in [-0.25, -0.2) is 9.97 Å². The Bertz CT molecular complexity index is 352. The predicted octanol–water partition coefficient (Wildman–Crippen LogP) is 3.32. The summed E-state index contributed by atoms with van der Waals surface area (Å²) in [6, 6.07) is 1.98. The Kier molecular flexibility index (Phi) is 6.37. The number of rotatable bonds is 0. The summed E-state index contributed by atoms with van der Waals surface area (Å²) in [6.07, 6.45) is 3.43. The summed E-state index contributed by atoms with van der Waals surface area (Å²) >= 11 is 0. The molecule has 0 aliphatic rings. The Morgan fingerprint density at radius 2 is 1.71 bits per heavy atom. The molecule has 2 heterocycles. The van der Waals surface area contributed by atoms with E-state index in [-0.39, 0.29) is 0 Å². The van der Waals surface area contributed by atoms with Crippen molar-refractivity contribution in [3.8, 4) is 0 Å². The smallest absolute Gasteiger partial charge is 0.140 e. The summed E-state index contributed by atoms with van der Waals surface area (Å²) in [4.78, 5) is 11.1. The number of nitrogens with zero attached hydrogens (tertiary/aromatic N) is 2. The van der Waals surface area contributed by atoms with Crippen LogP contribution in [0.4, 0.5) is 0 Å². The van der Waals surface area contributed by atoms with E-state index >= 15 is 0 Å². The summed E-state index contributed by atoms with van der Waals surface area (Å²) in [7, 11) is 0. The average molecular weight is 193 g/mol. The molecule has 0 saturated heterocycles. The molecule has 78 valence electrons. The monoisotopic (exact) mass is 193 g/mol. The van der Waals surface area contributed by atoms with Crippen molar-refractivity contribution in [2.75, 3.05) is 0 Å². The molecule has 0 aliphatic heterocycles. The number of hydrogen-bond donors (Lipinski definition) is 1. The van der Waals surface area contributed by atoms with Gasteiger partial charge in [0, 0.05) is 11.6 Å². The van der Waals surface area contributed by atoms with E-state index in [1.54, 1.807) is 6.33 Å². The fourth-order valence-corrected chi connectivity index (χ4v) is 1.00. The minimum atomic E-state index is 0.910. The van der Waals surface area contributed by atoms with Crippen LogP contribution in [0.2, 0.25) is 0 Å². The van der Waals surface area contributed by atoms with Crippen LogP contribution in [0.3, 0.4) is 0 Å². The number of aryl methyl sites for hydroxylation is 1. The van der Waals surface area contributed by atoms with Crippen molar-refractivity contribution >= 4 is 11.0 Å². The lowest BCUT2D eigenvalue weighted by Crippen LogP contribution is -1.83. The lowest BCUT2D eigenvalue weighted by atomic mass is 10.3. The molecule has 0 atom stereocenters. The van der Waals surface area contributed by atoms with E-state index in [9.17, 15) is 0 Å². The number of aromatic nitrogens is 3. The van der Waals surface area contributed by atoms with Crippen molar-refractivity contribution in [3.05, 3.63) is 24.3 Å². The molecule has 0 fully saturated rings. The zero-order valence-corrected chi connectivity index (χ0v) is 9.63. The normalized spacial score (nSPS) is 8.36. The van der Waals surface area contributed by atoms with Crippen LogP contribution in [0, 0.1) is 6.92 Å². The van der Waals surface area contributed by atoms with E-state index in [0.717, 1.165) is 16.7 Å². The Balaban J connectivity index is 0.000000379. The van der Waals surface area contributed by atoms with Gasteiger partial charge in [0.2, 0.25) is 0 Å². The van der Waals surface area contributed by atoms with Gasteiger partial charge in [-0.2, -0.15) is 0 Å². The van der Waals surface area contributed by atoms with Gasteiger partial charge >= 0.3 is 0 Å². The van der Waals surface area contributed by atoms with Crippen LogP contribution in [0.15, 0.2) is 18.6 Å². The van der Waals surface area contributed by atoms with Gasteiger partial charge < -0.3 is 4.98 Å². The van der Waals surface area contributed by atoms with Crippen LogP contribution in [0.5, 0.6) is 0 Å². The van der Waals surface area contributed by atoms with Gasteiger partial charge in [0.05, 0.1) is 5.69 Å². The highest BCUT2D eigenvalue weighted by atomic mass is 14.9. The van der Waals surface area contributed by atoms with E-state index in [0.29, 0.717) is 0 Å². The molecule has 3 heteroatoms. The first-order valence-electron chi connectivity index (χ1n) is 5.12. The highest BCUT2D eigenvalue weighted by Gasteiger charge is 1.96. The van der Waals surface area contributed by atoms with E-state index in [1.165, 1.54) is 0 Å². The van der Waals surface area contributed by atoms with Crippen molar-refractivity contribution in [2.45, 2.75) is 34.6 Å². The van der Waals surface area contributed by atoms with Crippen LogP contribution in [0.1, 0.15) is 33.4 Å². The minimum absolute atomic E-state index is 0.910. The number of H-pyrrole nitrogens is 1. The summed E-state index contributed by atoms with van der Waals surface area (Å²) < 4.78 is 0. The van der Waals surface area contributed by atoms with Gasteiger partial charge in [-0.05, 0) is 13.0 Å². The van der Waals surface area contributed by atoms with Crippen molar-refractivity contribution in [1.82, 2.24) is 15.0 Å². The Hall–Kier alpha value is -1.38. The zero-order chi connectivity index (χ0) is 11.0. The van der Waals surface area contributed by atoms with Gasteiger partial charge in [0.1, 0.15) is 12.0 Å². The van der Waals surface area contributed by atoms with Gasteiger partial charge in [-0.15, -0.1) is 0 Å². The van der Waals surface area contributed by atoms with Crippen LogP contribution in [-0.4, -0.2) is 15.0 Å². The standard InChI is InChI=1S/C7H7N3.2C2H6/c1-5-6-2-3-8-7(6)10-4-9-5;2*1-2/h2-4H,1H3,(H,8,9,10);2*1-2H3. The maximum Gasteiger partial charge on any atom is 0.140 e. The molecule has 0 aliphatic carbocycles. The fourth-order valence-electron chi connectivity index (χ4n) is 1.00. The summed E-state index contributed by atoms with van der Waals surface area (Å²) in [5.74, 6) is 0. The van der Waals surface area contributed by atoms with Crippen LogP contribution < -0.4 is 0 Å². The van der Waals surface area contributed by atoms with Crippen molar-refractivity contribution in [1.29, 1.82) is 0 Å². The van der Waals surface area contributed by atoms with Gasteiger partial charge in [-0.3, -0.25) is 0 Å². The first-order valence-corrected chi connectivity index (χ1v) is 5.12. The van der Waals surface area contributed by atoms with Crippen molar-refractivity contribution in [3.63, 3.8) is 0 Å². The number of hydrogen-bond acceptors (Lipinski definition) is 2. The molecule has 3 nitrogen and oxygen atoms in total. The second-order valence-electron chi connectivity index (χ2n) is 2.20. The molecule has 14 heavy (non-hydrogen) atoms. The predicted molar refractivity (Wildman–Crippen MR) is 61.3 cm³/mol. The molecule has 0 bridgehead atoms. The quantitative estimate of drug-likeness (QED) is 0.697. The van der Waals surface area contributed by atoms with Crippen LogP contribution >= 0.6 is 0 Å². The van der Waals surface area contributed by atoms with Crippen molar-refractivity contribution < 1.29 is 0 Å². The van der Waals surface area contributed by atoms with E-state index < -0.39 is 0 Å². The molecule has 0 radical (unpaired) electrons. The highest BCUT2D eigenvalue weighted by molar-refractivity contribution is 5.77. The summed E-state index contributed by atoms with van der Waals surface area (Å²) in [5.41, 5.74) is 1.93. The van der Waals surface area contributed by atoms with E-state index in [4.69, 9.17) is 0 Å². The third kappa shape index (κ3) is 2.83. The first kappa shape index (κ1) is 12.6. The molecule has 2 aromatic rings. The van der Waals surface area contributed by atoms with Gasteiger partial charge in [0.25, 0.3) is 0 Å². The van der Waals surface area contributed by atoms with E-state index in [2.05, 4.69) is 15.0 Å². The molecule has 2 rings (SSSR count). The lowest BCUT2D eigenvalue weighted by Gasteiger charge is -1.90. The molecule has 0 spiro atoms. The molecular formula is C11H19N3. The minimum Gasteiger partial charge on any atom is -0.346 e. The number of aromatic amines is 1. The Labute approximate surface area is 85.6 Å². The molecule has 0 unspecified atom stereocenters. The molecule has 1 N–H and O–H groups in total. The van der Waals surface area contributed by atoms with E-state index in [1.807, 2.05) is 46.9 Å². The third-order valence-corrected chi connectivity index (χ3v) is 1.55. The maximum absolute atomic E-state index is 4.05. The summed E-state index contributed by atoms with van der Waals surface area (Å²) in [5, 5.41) is 1.10. The second-order valence-corrected chi connectivity index (χ2v) is 2.20. The summed E-state index contributed by atoms with van der Waals surface area (Å²) in [6.45, 7) is 9.97. The molecule has 2 aromatic heterocycles. The largest absolute Gasteiger partial charge is 0.346 e. The second kappa shape index (κ2) is 7.06. The topological polar surface area (TPSA) is 41.6 Å². The van der Waals surface area contributed by atoms with Crippen LogP contribution in [-0.2, 0) is 0 Å². The SMILES string of the molecule is CC.CC.Cc1ncnc2[nH]ccc12. The first-order chi connectivity index (χ1) is 6.88. The fraction of sp³-hybridized carbons (Fsp3) is 0.455. The molecule has 0 aromatic carbocycles. The van der Waals surface area contributed by atoms with Gasteiger partial charge in [0.15, 0.2) is 0 Å². The lowest BCUT2D eigenvalue weighted by molar-refractivity contribution is 1.14. The zero-order valence-electron chi connectivity index (χ0n) is 9.63. The number of nitrogens with one attached hydrogen (secondary N) is 1. The van der Waals surface area contributed by atoms with Crippen LogP contribution in [0.25, 0.3) is 11.0 Å². The van der Waals surface area contributed by atoms with Crippen molar-refractivity contribution in [2.24, 2.45) is 0 Å². The molecular weight excluding hydrogens is 174 g/mol. The third-order valence-electron chi connectivity index (χ3n) is 1.55. The Morgan fingerprint density at radius 3 is 2.29 bits per heavy atom. The maximum atomic E-state index is 4.05.